The Bertz CT molecular complexity index is 975. The second-order valence-corrected chi connectivity index (χ2v) is 9.49. The van der Waals surface area contributed by atoms with Crippen molar-refractivity contribution in [2.45, 2.75) is 66.2 Å². The van der Waals surface area contributed by atoms with Gasteiger partial charge in [0.15, 0.2) is 5.60 Å². The second-order valence-electron chi connectivity index (χ2n) is 9.49. The van der Waals surface area contributed by atoms with Crippen LogP contribution in [0.5, 0.6) is 5.75 Å². The molecule has 2 amide bonds. The first-order valence-electron chi connectivity index (χ1n) is 11.1. The number of nitrogens with zero attached hydrogens (tertiary/aromatic N) is 2. The first-order valence-corrected chi connectivity index (χ1v) is 11.1. The van der Waals surface area contributed by atoms with Gasteiger partial charge in [-0.25, -0.2) is 9.59 Å². The summed E-state index contributed by atoms with van der Waals surface area (Å²) in [6, 6.07) is 13.8. The van der Waals surface area contributed by atoms with Crippen LogP contribution in [0, 0.1) is 13.8 Å². The van der Waals surface area contributed by atoms with Crippen molar-refractivity contribution in [2.75, 3.05) is 18.1 Å². The van der Waals surface area contributed by atoms with Crippen molar-refractivity contribution >= 4 is 17.7 Å². The quantitative estimate of drug-likeness (QED) is 0.555. The average molecular weight is 439 g/mol. The number of aryl methyl sites for hydroxylation is 2. The fourth-order valence-electron chi connectivity index (χ4n) is 4.11. The summed E-state index contributed by atoms with van der Waals surface area (Å²) in [6.45, 7) is 14.7. The van der Waals surface area contributed by atoms with Crippen LogP contribution in [0.3, 0.4) is 0 Å². The van der Waals surface area contributed by atoms with Gasteiger partial charge in [0, 0.05) is 12.2 Å². The summed E-state index contributed by atoms with van der Waals surface area (Å²) in [6.07, 6.45) is 0. The van der Waals surface area contributed by atoms with Crippen LogP contribution < -0.4 is 9.64 Å². The number of hydrogen-bond donors (Lipinski definition) is 0. The van der Waals surface area contributed by atoms with Crippen molar-refractivity contribution in [1.29, 1.82) is 0 Å². The first-order chi connectivity index (χ1) is 15.0. The number of anilines is 1. The summed E-state index contributed by atoms with van der Waals surface area (Å²) >= 11 is 0. The maximum absolute atomic E-state index is 13.3. The molecule has 0 atom stereocenters. The van der Waals surface area contributed by atoms with E-state index in [-0.39, 0.29) is 11.6 Å². The number of hydrogen-bond acceptors (Lipinski definition) is 4. The Morgan fingerprint density at radius 3 is 2.25 bits per heavy atom. The Hall–Kier alpha value is -3.02. The van der Waals surface area contributed by atoms with Crippen LogP contribution in [-0.2, 0) is 16.1 Å². The van der Waals surface area contributed by atoms with Gasteiger partial charge < -0.3 is 14.4 Å². The van der Waals surface area contributed by atoms with Crippen molar-refractivity contribution in [2.24, 2.45) is 0 Å². The number of carbonyl (C=O) groups is 2. The molecule has 1 aliphatic rings. The van der Waals surface area contributed by atoms with Crippen LogP contribution in [0.15, 0.2) is 42.5 Å². The van der Waals surface area contributed by atoms with Crippen molar-refractivity contribution in [3.8, 4) is 5.75 Å². The summed E-state index contributed by atoms with van der Waals surface area (Å²) in [7, 11) is 0. The third-order valence-corrected chi connectivity index (χ3v) is 5.79. The standard InChI is InChI=1S/C26H34N2O4/c1-8-31-23(29)26(6,7)32-22-18(2)14-20(15-19(22)3)16-28-24(30)27(17-25(28,4)5)21-12-10-9-11-13-21/h9-15H,8,16-17H2,1-7H3. The Morgan fingerprint density at radius 2 is 1.69 bits per heavy atom. The van der Waals surface area contributed by atoms with Gasteiger partial charge in [-0.05, 0) is 77.3 Å². The van der Waals surface area contributed by atoms with Crippen LogP contribution in [0.4, 0.5) is 10.5 Å². The third kappa shape index (κ3) is 4.74. The number of esters is 1. The highest BCUT2D eigenvalue weighted by Gasteiger charge is 2.43. The van der Waals surface area contributed by atoms with E-state index in [2.05, 4.69) is 13.8 Å². The van der Waals surface area contributed by atoms with Crippen LogP contribution in [0.2, 0.25) is 0 Å². The zero-order valence-electron chi connectivity index (χ0n) is 20.2. The smallest absolute Gasteiger partial charge is 0.349 e. The maximum Gasteiger partial charge on any atom is 0.349 e. The zero-order valence-corrected chi connectivity index (χ0v) is 20.2. The van der Waals surface area contributed by atoms with Gasteiger partial charge in [-0.3, -0.25) is 4.90 Å². The summed E-state index contributed by atoms with van der Waals surface area (Å²) in [4.78, 5) is 29.3. The predicted molar refractivity (Wildman–Crippen MR) is 126 cm³/mol. The molecule has 1 saturated heterocycles. The Balaban J connectivity index is 1.82. The Labute approximate surface area is 191 Å². The molecular formula is C26H34N2O4. The molecule has 0 unspecified atom stereocenters. The normalized spacial score (nSPS) is 15.8. The van der Waals surface area contributed by atoms with E-state index in [0.29, 0.717) is 25.4 Å². The van der Waals surface area contributed by atoms with Crippen molar-refractivity contribution < 1.29 is 19.1 Å². The van der Waals surface area contributed by atoms with E-state index in [1.807, 2.05) is 66.1 Å². The van der Waals surface area contributed by atoms with Gasteiger partial charge in [0.05, 0.1) is 18.7 Å². The van der Waals surface area contributed by atoms with Gasteiger partial charge in [0.1, 0.15) is 5.75 Å². The molecule has 2 aromatic rings. The fourth-order valence-corrected chi connectivity index (χ4v) is 4.11. The molecule has 1 fully saturated rings. The summed E-state index contributed by atoms with van der Waals surface area (Å²) in [5.41, 5.74) is 2.37. The fraction of sp³-hybridized carbons (Fsp3) is 0.462. The maximum atomic E-state index is 13.3. The molecule has 6 heteroatoms. The van der Waals surface area contributed by atoms with E-state index in [0.717, 1.165) is 22.4 Å². The molecule has 172 valence electrons. The van der Waals surface area contributed by atoms with Gasteiger partial charge in [0.2, 0.25) is 0 Å². The number of urea groups is 1. The van der Waals surface area contributed by atoms with Gasteiger partial charge >= 0.3 is 12.0 Å². The molecule has 0 spiro atoms. The largest absolute Gasteiger partial charge is 0.476 e. The molecule has 3 rings (SSSR count). The van der Waals surface area contributed by atoms with Gasteiger partial charge in [0.25, 0.3) is 0 Å². The van der Waals surface area contributed by atoms with Gasteiger partial charge in [-0.1, -0.05) is 30.3 Å². The second kappa shape index (κ2) is 8.85. The van der Waals surface area contributed by atoms with Crippen LogP contribution in [0.1, 0.15) is 51.3 Å². The third-order valence-electron chi connectivity index (χ3n) is 5.79. The lowest BCUT2D eigenvalue weighted by atomic mass is 10.0. The summed E-state index contributed by atoms with van der Waals surface area (Å²) in [5, 5.41) is 0. The molecule has 0 N–H and O–H groups in total. The molecule has 6 nitrogen and oxygen atoms in total. The lowest BCUT2D eigenvalue weighted by Gasteiger charge is -2.30. The van der Waals surface area contributed by atoms with E-state index in [9.17, 15) is 9.59 Å². The molecule has 0 radical (unpaired) electrons. The first kappa shape index (κ1) is 23.6. The van der Waals surface area contributed by atoms with Gasteiger partial charge in [-0.2, -0.15) is 0 Å². The molecule has 32 heavy (non-hydrogen) atoms. The molecule has 1 heterocycles. The van der Waals surface area contributed by atoms with E-state index in [1.54, 1.807) is 20.8 Å². The minimum Gasteiger partial charge on any atom is -0.476 e. The van der Waals surface area contributed by atoms with Crippen molar-refractivity contribution in [1.82, 2.24) is 4.90 Å². The predicted octanol–water partition coefficient (Wildman–Crippen LogP) is 5.24. The molecule has 1 aliphatic heterocycles. The zero-order chi connectivity index (χ0) is 23.7. The number of benzene rings is 2. The molecule has 0 aliphatic carbocycles. The SMILES string of the molecule is CCOC(=O)C(C)(C)Oc1c(C)cc(CN2C(=O)N(c3ccccc3)CC2(C)C)cc1C. The average Bonchev–Trinajstić information content (AvgIpc) is 2.95. The van der Waals surface area contributed by atoms with Gasteiger partial charge in [-0.15, -0.1) is 0 Å². The van der Waals surface area contributed by atoms with Crippen molar-refractivity contribution in [3.63, 3.8) is 0 Å². The van der Waals surface area contributed by atoms with E-state index >= 15 is 0 Å². The molecule has 0 aromatic heterocycles. The minimum atomic E-state index is -1.09. The highest BCUT2D eigenvalue weighted by Crippen LogP contribution is 2.34. The minimum absolute atomic E-state index is 0.000257. The topological polar surface area (TPSA) is 59.1 Å². The molecule has 0 saturated carbocycles. The Morgan fingerprint density at radius 1 is 1.09 bits per heavy atom. The van der Waals surface area contributed by atoms with Crippen LogP contribution in [-0.4, -0.2) is 41.2 Å². The lowest BCUT2D eigenvalue weighted by Crippen LogP contribution is -2.41. The van der Waals surface area contributed by atoms with E-state index in [4.69, 9.17) is 9.47 Å². The van der Waals surface area contributed by atoms with E-state index in [1.165, 1.54) is 0 Å². The van der Waals surface area contributed by atoms with Crippen LogP contribution >= 0.6 is 0 Å². The number of rotatable bonds is 7. The Kier molecular flexibility index (Phi) is 6.54. The van der Waals surface area contributed by atoms with Crippen LogP contribution in [0.25, 0.3) is 0 Å². The summed E-state index contributed by atoms with van der Waals surface area (Å²) < 4.78 is 11.2. The number of para-hydroxylation sites is 1. The monoisotopic (exact) mass is 438 g/mol. The highest BCUT2D eigenvalue weighted by molar-refractivity contribution is 5.95. The molecule has 2 aromatic carbocycles. The highest BCUT2D eigenvalue weighted by atomic mass is 16.6. The number of ether oxygens (including phenoxy) is 2. The number of amides is 2. The molecule has 0 bridgehead atoms. The lowest BCUT2D eigenvalue weighted by molar-refractivity contribution is -0.158. The molecular weight excluding hydrogens is 404 g/mol. The summed E-state index contributed by atoms with van der Waals surface area (Å²) in [5.74, 6) is 0.276. The van der Waals surface area contributed by atoms with Crippen molar-refractivity contribution in [3.05, 3.63) is 59.2 Å². The number of carbonyl (C=O) groups excluding carboxylic acids is 2. The van der Waals surface area contributed by atoms with E-state index < -0.39 is 11.6 Å².